The Morgan fingerprint density at radius 3 is 2.52 bits per heavy atom. The molecule has 1 amide bonds. The van der Waals surface area contributed by atoms with Crippen LogP contribution in [-0.4, -0.2) is 58.8 Å². The van der Waals surface area contributed by atoms with E-state index in [1.165, 1.54) is 0 Å². The third kappa shape index (κ3) is 4.91. The molecule has 4 unspecified atom stereocenters. The summed E-state index contributed by atoms with van der Waals surface area (Å²) in [6, 6.07) is -1.84. The average Bonchev–Trinajstić information content (AvgIpc) is 2.74. The molecule has 1 fully saturated rings. The SMILES string of the molecule is CC(C)C(N)C(=O)NC1CNC(C(=O)O)C1(C)CCCB(O)O. The molecule has 0 aromatic rings. The molecule has 9 heteroatoms. The van der Waals surface area contributed by atoms with Gasteiger partial charge in [0, 0.05) is 18.0 Å². The molecule has 0 aromatic carbocycles. The lowest BCUT2D eigenvalue weighted by molar-refractivity contribution is -0.142. The molecule has 0 spiro atoms. The molecule has 1 saturated heterocycles. The Morgan fingerprint density at radius 1 is 1.43 bits per heavy atom. The van der Waals surface area contributed by atoms with E-state index in [4.69, 9.17) is 15.8 Å². The zero-order valence-corrected chi connectivity index (χ0v) is 14.0. The molecule has 1 aliphatic heterocycles. The number of carboxylic acids is 1. The van der Waals surface area contributed by atoms with Gasteiger partial charge in [-0.1, -0.05) is 27.2 Å². The first kappa shape index (κ1) is 19.9. The fraction of sp³-hybridized carbons (Fsp3) is 0.857. The van der Waals surface area contributed by atoms with Gasteiger partial charge in [-0.05, 0) is 18.7 Å². The van der Waals surface area contributed by atoms with Crippen LogP contribution in [0.5, 0.6) is 0 Å². The number of nitrogens with two attached hydrogens (primary N) is 1. The average molecular weight is 329 g/mol. The molecule has 1 heterocycles. The zero-order valence-electron chi connectivity index (χ0n) is 14.0. The summed E-state index contributed by atoms with van der Waals surface area (Å²) in [5, 5.41) is 33.1. The minimum atomic E-state index is -1.42. The molecule has 0 aromatic heterocycles. The van der Waals surface area contributed by atoms with Crippen molar-refractivity contribution >= 4 is 19.0 Å². The highest BCUT2D eigenvalue weighted by Crippen LogP contribution is 2.37. The van der Waals surface area contributed by atoms with Crippen LogP contribution in [0.2, 0.25) is 6.32 Å². The molecule has 1 aliphatic rings. The first-order valence-corrected chi connectivity index (χ1v) is 7.98. The Kier molecular flexibility index (Phi) is 7.00. The molecule has 0 saturated carbocycles. The number of nitrogens with one attached hydrogen (secondary N) is 2. The van der Waals surface area contributed by atoms with Crippen molar-refractivity contribution in [3.8, 4) is 0 Å². The summed E-state index contributed by atoms with van der Waals surface area (Å²) < 4.78 is 0. The predicted octanol–water partition coefficient (Wildman–Crippen LogP) is -1.23. The van der Waals surface area contributed by atoms with Crippen molar-refractivity contribution in [3.63, 3.8) is 0 Å². The molecule has 23 heavy (non-hydrogen) atoms. The molecule has 0 bridgehead atoms. The number of hydrogen-bond acceptors (Lipinski definition) is 6. The first-order valence-electron chi connectivity index (χ1n) is 7.98. The standard InChI is InChI=1S/C14H28BN3O5/c1-8(2)10(16)12(19)18-9-7-17-11(13(20)21)14(9,3)5-4-6-15(22)23/h8-11,17,22-23H,4-7,16H2,1-3H3,(H,18,19)(H,20,21). The van der Waals surface area contributed by atoms with Crippen LogP contribution < -0.4 is 16.4 Å². The van der Waals surface area contributed by atoms with Gasteiger partial charge in [0.1, 0.15) is 6.04 Å². The summed E-state index contributed by atoms with van der Waals surface area (Å²) in [5.74, 6) is -1.30. The van der Waals surface area contributed by atoms with Gasteiger partial charge in [-0.2, -0.15) is 0 Å². The van der Waals surface area contributed by atoms with Gasteiger partial charge in [-0.15, -0.1) is 0 Å². The van der Waals surface area contributed by atoms with Crippen molar-refractivity contribution in [2.45, 2.75) is 58.1 Å². The van der Waals surface area contributed by atoms with Crippen molar-refractivity contribution in [3.05, 3.63) is 0 Å². The minimum absolute atomic E-state index is 0.0181. The molecule has 4 atom stereocenters. The van der Waals surface area contributed by atoms with Crippen molar-refractivity contribution in [2.75, 3.05) is 6.54 Å². The van der Waals surface area contributed by atoms with Crippen LogP contribution in [0.4, 0.5) is 0 Å². The number of amides is 1. The highest BCUT2D eigenvalue weighted by Gasteiger charge is 2.50. The normalized spacial score (nSPS) is 28.7. The lowest BCUT2D eigenvalue weighted by Gasteiger charge is -2.35. The van der Waals surface area contributed by atoms with E-state index in [0.717, 1.165) is 0 Å². The van der Waals surface area contributed by atoms with E-state index in [9.17, 15) is 14.7 Å². The van der Waals surface area contributed by atoms with Crippen LogP contribution in [0.3, 0.4) is 0 Å². The molecule has 0 radical (unpaired) electrons. The Hall–Kier alpha value is -1.16. The zero-order chi connectivity index (χ0) is 17.8. The summed E-state index contributed by atoms with van der Waals surface area (Å²) >= 11 is 0. The first-order chi connectivity index (χ1) is 10.6. The highest BCUT2D eigenvalue weighted by molar-refractivity contribution is 6.40. The fourth-order valence-corrected chi connectivity index (χ4v) is 3.04. The van der Waals surface area contributed by atoms with Crippen LogP contribution in [0.15, 0.2) is 0 Å². The van der Waals surface area contributed by atoms with E-state index < -0.39 is 30.6 Å². The number of carbonyl (C=O) groups excluding carboxylic acids is 1. The van der Waals surface area contributed by atoms with Crippen molar-refractivity contribution in [1.29, 1.82) is 0 Å². The minimum Gasteiger partial charge on any atom is -0.480 e. The molecule has 7 N–H and O–H groups in total. The van der Waals surface area contributed by atoms with Crippen molar-refractivity contribution in [2.24, 2.45) is 17.1 Å². The van der Waals surface area contributed by atoms with E-state index in [0.29, 0.717) is 19.4 Å². The third-order valence-corrected chi connectivity index (χ3v) is 4.74. The number of carbonyl (C=O) groups is 2. The lowest BCUT2D eigenvalue weighted by Crippen LogP contribution is -2.54. The van der Waals surface area contributed by atoms with E-state index in [1.54, 1.807) is 6.92 Å². The molecule has 8 nitrogen and oxygen atoms in total. The topological polar surface area (TPSA) is 145 Å². The number of aliphatic carboxylic acids is 1. The quantitative estimate of drug-likeness (QED) is 0.306. The maximum Gasteiger partial charge on any atom is 0.451 e. The number of carboxylic acid groups (broad SMARTS) is 1. The van der Waals surface area contributed by atoms with Crippen molar-refractivity contribution in [1.82, 2.24) is 10.6 Å². The number of hydrogen-bond donors (Lipinski definition) is 6. The molecular weight excluding hydrogens is 301 g/mol. The second-order valence-corrected chi connectivity index (χ2v) is 6.89. The highest BCUT2D eigenvalue weighted by atomic mass is 16.4. The maximum atomic E-state index is 12.2. The van der Waals surface area contributed by atoms with Gasteiger partial charge >= 0.3 is 13.1 Å². The monoisotopic (exact) mass is 329 g/mol. The second-order valence-electron chi connectivity index (χ2n) is 6.89. The van der Waals surface area contributed by atoms with Crippen LogP contribution in [0.1, 0.15) is 33.6 Å². The van der Waals surface area contributed by atoms with Crippen molar-refractivity contribution < 1.29 is 24.7 Å². The largest absolute Gasteiger partial charge is 0.480 e. The van der Waals surface area contributed by atoms with Crippen LogP contribution in [0.25, 0.3) is 0 Å². The van der Waals surface area contributed by atoms with Gasteiger partial charge in [0.05, 0.1) is 6.04 Å². The van der Waals surface area contributed by atoms with Crippen LogP contribution in [0, 0.1) is 11.3 Å². The molecule has 132 valence electrons. The predicted molar refractivity (Wildman–Crippen MR) is 86.5 cm³/mol. The van der Waals surface area contributed by atoms with E-state index in [1.807, 2.05) is 13.8 Å². The van der Waals surface area contributed by atoms with Gasteiger partial charge in [0.25, 0.3) is 0 Å². The smallest absolute Gasteiger partial charge is 0.451 e. The lowest BCUT2D eigenvalue weighted by atomic mass is 9.72. The fourth-order valence-electron chi connectivity index (χ4n) is 3.04. The third-order valence-electron chi connectivity index (χ3n) is 4.74. The van der Waals surface area contributed by atoms with E-state index in [2.05, 4.69) is 10.6 Å². The Morgan fingerprint density at radius 2 is 2.04 bits per heavy atom. The maximum absolute atomic E-state index is 12.2. The Balaban J connectivity index is 2.83. The summed E-state index contributed by atoms with van der Waals surface area (Å²) in [6.07, 6.45) is 1.05. The second kappa shape index (κ2) is 8.10. The molecule has 1 rings (SSSR count). The van der Waals surface area contributed by atoms with Gasteiger partial charge in [0.15, 0.2) is 0 Å². The molecule has 0 aliphatic carbocycles. The summed E-state index contributed by atoms with van der Waals surface area (Å²) in [4.78, 5) is 23.7. The van der Waals surface area contributed by atoms with Gasteiger partial charge in [-0.3, -0.25) is 9.59 Å². The van der Waals surface area contributed by atoms with Gasteiger partial charge in [0.2, 0.25) is 5.91 Å². The van der Waals surface area contributed by atoms with Crippen LogP contribution in [-0.2, 0) is 9.59 Å². The van der Waals surface area contributed by atoms with E-state index >= 15 is 0 Å². The number of rotatable bonds is 8. The van der Waals surface area contributed by atoms with Gasteiger partial charge < -0.3 is 31.5 Å². The Labute approximate surface area is 137 Å². The summed E-state index contributed by atoms with van der Waals surface area (Å²) in [6.45, 7) is 5.82. The summed E-state index contributed by atoms with van der Waals surface area (Å²) in [5.41, 5.74) is 5.12. The molecular formula is C14H28BN3O5. The summed E-state index contributed by atoms with van der Waals surface area (Å²) in [7, 11) is -1.42. The van der Waals surface area contributed by atoms with Crippen LogP contribution >= 0.6 is 0 Å². The van der Waals surface area contributed by atoms with E-state index in [-0.39, 0.29) is 24.2 Å². The van der Waals surface area contributed by atoms with Gasteiger partial charge in [-0.25, -0.2) is 0 Å². The Bertz CT molecular complexity index is 435.